The molecule has 0 amide bonds. The Morgan fingerprint density at radius 1 is 1.05 bits per heavy atom. The molecule has 1 nitrogen and oxygen atoms in total. The predicted molar refractivity (Wildman–Crippen MR) is 83.0 cm³/mol. The molecule has 1 aromatic rings. The summed E-state index contributed by atoms with van der Waals surface area (Å²) in [6, 6.07) is 4.18. The number of hydrogen-bond acceptors (Lipinski definition) is 1. The number of Topliss-reactive ketones (excluding diaryl/α,β-unsaturated/α-hetero) is 1. The van der Waals surface area contributed by atoms with Gasteiger partial charge in [-0.3, -0.25) is 4.79 Å². The van der Waals surface area contributed by atoms with E-state index in [1.54, 1.807) is 0 Å². The molecule has 0 radical (unpaired) electrons. The zero-order valence-corrected chi connectivity index (χ0v) is 13.0. The molecule has 0 aliphatic carbocycles. The van der Waals surface area contributed by atoms with Gasteiger partial charge in [0, 0.05) is 12.0 Å². The Hall–Kier alpha value is -0.890. The minimum absolute atomic E-state index is 0.0202. The van der Waals surface area contributed by atoms with Crippen LogP contribution in [0.4, 0.5) is 4.39 Å². The smallest absolute Gasteiger partial charge is 0.162 e. The van der Waals surface area contributed by atoms with E-state index in [1.807, 2.05) is 0 Å². The molecule has 0 aliphatic rings. The fourth-order valence-electron chi connectivity index (χ4n) is 2.23. The molecule has 20 heavy (non-hydrogen) atoms. The van der Waals surface area contributed by atoms with Gasteiger partial charge in [0.15, 0.2) is 5.78 Å². The van der Waals surface area contributed by atoms with E-state index in [0.717, 1.165) is 12.8 Å². The Labute approximate surface area is 126 Å². The molecule has 0 aliphatic heterocycles. The van der Waals surface area contributed by atoms with Crippen molar-refractivity contribution in [3.8, 4) is 0 Å². The fraction of sp³-hybridized carbons (Fsp3) is 0.588. The van der Waals surface area contributed by atoms with Crippen LogP contribution in [-0.4, -0.2) is 5.78 Å². The number of benzene rings is 1. The molecule has 0 N–H and O–H groups in total. The molecule has 112 valence electrons. The van der Waals surface area contributed by atoms with Crippen molar-refractivity contribution in [2.45, 2.75) is 64.7 Å². The SMILES string of the molecule is CCCCCCCCCCC(=O)c1ccc(F)c(Cl)c1. The molecule has 0 aromatic heterocycles. The van der Waals surface area contributed by atoms with Gasteiger partial charge in [0.1, 0.15) is 5.82 Å². The average Bonchev–Trinajstić information content (AvgIpc) is 2.44. The Bertz CT molecular complexity index is 417. The lowest BCUT2D eigenvalue weighted by Crippen LogP contribution is -1.99. The van der Waals surface area contributed by atoms with Gasteiger partial charge in [-0.25, -0.2) is 4.39 Å². The zero-order chi connectivity index (χ0) is 14.8. The van der Waals surface area contributed by atoms with Crippen molar-refractivity contribution >= 4 is 17.4 Å². The van der Waals surface area contributed by atoms with Crippen LogP contribution in [0.3, 0.4) is 0 Å². The number of ketones is 1. The van der Waals surface area contributed by atoms with Crippen LogP contribution >= 0.6 is 11.6 Å². The average molecular weight is 299 g/mol. The summed E-state index contributed by atoms with van der Waals surface area (Å²) in [5.41, 5.74) is 0.513. The van der Waals surface area contributed by atoms with E-state index in [9.17, 15) is 9.18 Å². The summed E-state index contributed by atoms with van der Waals surface area (Å²) >= 11 is 5.67. The van der Waals surface area contributed by atoms with E-state index < -0.39 is 5.82 Å². The quantitative estimate of drug-likeness (QED) is 0.371. The summed E-state index contributed by atoms with van der Waals surface area (Å²) in [5.74, 6) is -0.423. The maximum Gasteiger partial charge on any atom is 0.162 e. The molecule has 0 unspecified atom stereocenters. The van der Waals surface area contributed by atoms with E-state index in [1.165, 1.54) is 56.7 Å². The van der Waals surface area contributed by atoms with Crippen molar-refractivity contribution in [2.75, 3.05) is 0 Å². The standard InChI is InChI=1S/C17H24ClFO/c1-2-3-4-5-6-7-8-9-10-17(20)14-11-12-16(19)15(18)13-14/h11-13H,2-10H2,1H3. The fourth-order valence-corrected chi connectivity index (χ4v) is 2.41. The molecule has 0 saturated heterocycles. The largest absolute Gasteiger partial charge is 0.294 e. The van der Waals surface area contributed by atoms with Crippen LogP contribution in [0.25, 0.3) is 0 Å². The number of unbranched alkanes of at least 4 members (excludes halogenated alkanes) is 7. The molecular formula is C17H24ClFO. The Morgan fingerprint density at radius 2 is 1.65 bits per heavy atom. The minimum atomic E-state index is -0.477. The number of carbonyl (C=O) groups is 1. The molecule has 0 atom stereocenters. The number of halogens is 2. The lowest BCUT2D eigenvalue weighted by molar-refractivity contribution is 0.0979. The molecule has 0 heterocycles. The van der Waals surface area contributed by atoms with Crippen molar-refractivity contribution < 1.29 is 9.18 Å². The molecule has 0 fully saturated rings. The Morgan fingerprint density at radius 3 is 2.25 bits per heavy atom. The summed E-state index contributed by atoms with van der Waals surface area (Å²) in [4.78, 5) is 11.9. The first kappa shape index (κ1) is 17.2. The highest BCUT2D eigenvalue weighted by atomic mass is 35.5. The van der Waals surface area contributed by atoms with Crippen molar-refractivity contribution in [1.29, 1.82) is 0 Å². The predicted octanol–water partition coefficient (Wildman–Crippen LogP) is 6.19. The van der Waals surface area contributed by atoms with E-state index in [0.29, 0.717) is 12.0 Å². The van der Waals surface area contributed by atoms with E-state index in [2.05, 4.69) is 6.92 Å². The van der Waals surface area contributed by atoms with Gasteiger partial charge in [0.05, 0.1) is 5.02 Å². The highest BCUT2D eigenvalue weighted by Gasteiger charge is 2.08. The normalized spacial score (nSPS) is 10.8. The van der Waals surface area contributed by atoms with Crippen molar-refractivity contribution in [3.63, 3.8) is 0 Å². The number of rotatable bonds is 10. The van der Waals surface area contributed by atoms with E-state index >= 15 is 0 Å². The van der Waals surface area contributed by atoms with Gasteiger partial charge in [0.25, 0.3) is 0 Å². The molecular weight excluding hydrogens is 275 g/mol. The molecule has 1 aromatic carbocycles. The second-order valence-electron chi connectivity index (χ2n) is 5.28. The minimum Gasteiger partial charge on any atom is -0.294 e. The van der Waals surface area contributed by atoms with Crippen LogP contribution in [0.1, 0.15) is 75.1 Å². The first-order valence-electron chi connectivity index (χ1n) is 7.63. The van der Waals surface area contributed by atoms with Crippen LogP contribution in [0.15, 0.2) is 18.2 Å². The first-order chi connectivity index (χ1) is 9.65. The van der Waals surface area contributed by atoms with Crippen LogP contribution < -0.4 is 0 Å². The highest BCUT2D eigenvalue weighted by Crippen LogP contribution is 2.18. The molecule has 0 saturated carbocycles. The van der Waals surface area contributed by atoms with Crippen molar-refractivity contribution in [3.05, 3.63) is 34.6 Å². The Kier molecular flexibility index (Phi) is 8.52. The second-order valence-corrected chi connectivity index (χ2v) is 5.68. The van der Waals surface area contributed by atoms with E-state index in [-0.39, 0.29) is 10.8 Å². The monoisotopic (exact) mass is 298 g/mol. The first-order valence-corrected chi connectivity index (χ1v) is 8.01. The van der Waals surface area contributed by atoms with Gasteiger partial charge in [0.2, 0.25) is 0 Å². The van der Waals surface area contributed by atoms with Crippen LogP contribution in [0.2, 0.25) is 5.02 Å². The van der Waals surface area contributed by atoms with Gasteiger partial charge in [-0.1, -0.05) is 63.5 Å². The van der Waals surface area contributed by atoms with Gasteiger partial charge < -0.3 is 0 Å². The topological polar surface area (TPSA) is 17.1 Å². The van der Waals surface area contributed by atoms with Crippen molar-refractivity contribution in [2.24, 2.45) is 0 Å². The third-order valence-corrected chi connectivity index (χ3v) is 3.79. The van der Waals surface area contributed by atoms with Crippen LogP contribution in [-0.2, 0) is 0 Å². The summed E-state index contributed by atoms with van der Waals surface area (Å²) in [7, 11) is 0. The van der Waals surface area contributed by atoms with Gasteiger partial charge in [-0.05, 0) is 24.6 Å². The molecule has 1 rings (SSSR count). The maximum atomic E-state index is 13.0. The van der Waals surface area contributed by atoms with Crippen molar-refractivity contribution in [1.82, 2.24) is 0 Å². The molecule has 0 spiro atoms. The second kappa shape index (κ2) is 9.93. The van der Waals surface area contributed by atoms with Crippen LogP contribution in [0.5, 0.6) is 0 Å². The summed E-state index contributed by atoms with van der Waals surface area (Å²) in [6.07, 6.45) is 10.2. The third kappa shape index (κ3) is 6.51. The lowest BCUT2D eigenvalue weighted by Gasteiger charge is -2.03. The zero-order valence-electron chi connectivity index (χ0n) is 12.3. The molecule has 3 heteroatoms. The third-order valence-electron chi connectivity index (χ3n) is 3.50. The molecule has 0 bridgehead atoms. The van der Waals surface area contributed by atoms with Gasteiger partial charge >= 0.3 is 0 Å². The highest BCUT2D eigenvalue weighted by molar-refractivity contribution is 6.31. The number of carbonyl (C=O) groups excluding carboxylic acids is 1. The van der Waals surface area contributed by atoms with Crippen LogP contribution in [0, 0.1) is 5.82 Å². The summed E-state index contributed by atoms with van der Waals surface area (Å²) < 4.78 is 13.0. The summed E-state index contributed by atoms with van der Waals surface area (Å²) in [6.45, 7) is 2.22. The number of hydrogen-bond donors (Lipinski definition) is 0. The maximum absolute atomic E-state index is 13.0. The Balaban J connectivity index is 2.15. The van der Waals surface area contributed by atoms with E-state index in [4.69, 9.17) is 11.6 Å². The lowest BCUT2D eigenvalue weighted by atomic mass is 10.0. The van der Waals surface area contributed by atoms with Gasteiger partial charge in [-0.2, -0.15) is 0 Å². The van der Waals surface area contributed by atoms with Gasteiger partial charge in [-0.15, -0.1) is 0 Å². The summed E-state index contributed by atoms with van der Waals surface area (Å²) in [5, 5.41) is 0.0202.